The molecular formula is C11H24N2. The summed E-state index contributed by atoms with van der Waals surface area (Å²) >= 11 is 0. The Morgan fingerprint density at radius 2 is 2.08 bits per heavy atom. The van der Waals surface area contributed by atoms with Gasteiger partial charge in [0.15, 0.2) is 0 Å². The Morgan fingerprint density at radius 3 is 2.38 bits per heavy atom. The summed E-state index contributed by atoms with van der Waals surface area (Å²) in [5, 5.41) is 0. The molecule has 1 rings (SSSR count). The van der Waals surface area contributed by atoms with Gasteiger partial charge >= 0.3 is 0 Å². The summed E-state index contributed by atoms with van der Waals surface area (Å²) < 4.78 is 0. The van der Waals surface area contributed by atoms with E-state index in [1.165, 1.54) is 25.8 Å². The number of nitrogens with two attached hydrogens (primary N) is 1. The lowest BCUT2D eigenvalue weighted by atomic mass is 9.78. The fourth-order valence-corrected chi connectivity index (χ4v) is 2.37. The molecule has 0 aromatic carbocycles. The summed E-state index contributed by atoms with van der Waals surface area (Å²) in [4.78, 5) is 2.63. The summed E-state index contributed by atoms with van der Waals surface area (Å²) in [5.41, 5.74) is 5.73. The van der Waals surface area contributed by atoms with Gasteiger partial charge in [-0.15, -0.1) is 0 Å². The number of nitrogens with zero attached hydrogens (tertiary/aromatic N) is 1. The first-order valence-electron chi connectivity index (χ1n) is 5.70. The highest BCUT2D eigenvalue weighted by atomic mass is 15.2. The van der Waals surface area contributed by atoms with Gasteiger partial charge in [-0.1, -0.05) is 13.8 Å². The molecule has 1 saturated carbocycles. The molecule has 0 heterocycles. The summed E-state index contributed by atoms with van der Waals surface area (Å²) in [7, 11) is 0. The summed E-state index contributed by atoms with van der Waals surface area (Å²) in [6.07, 6.45) is 3.95. The minimum Gasteiger partial charge on any atom is -0.330 e. The van der Waals surface area contributed by atoms with Gasteiger partial charge in [0.25, 0.3) is 0 Å². The van der Waals surface area contributed by atoms with Crippen LogP contribution in [0.3, 0.4) is 0 Å². The smallest absolute Gasteiger partial charge is 0.0138 e. The number of rotatable bonds is 5. The van der Waals surface area contributed by atoms with Crippen LogP contribution in [0, 0.1) is 5.92 Å². The van der Waals surface area contributed by atoms with Crippen LogP contribution in [0.1, 0.15) is 40.0 Å². The largest absolute Gasteiger partial charge is 0.330 e. The van der Waals surface area contributed by atoms with E-state index in [9.17, 15) is 0 Å². The van der Waals surface area contributed by atoms with Crippen LogP contribution < -0.4 is 5.73 Å². The monoisotopic (exact) mass is 184 g/mol. The molecule has 0 radical (unpaired) electrons. The molecule has 3 atom stereocenters. The van der Waals surface area contributed by atoms with Crippen molar-refractivity contribution in [1.82, 2.24) is 4.90 Å². The van der Waals surface area contributed by atoms with Gasteiger partial charge in [0.05, 0.1) is 0 Å². The van der Waals surface area contributed by atoms with Crippen LogP contribution in [-0.2, 0) is 0 Å². The Kier molecular flexibility index (Phi) is 4.20. The zero-order valence-corrected chi connectivity index (χ0v) is 9.29. The lowest BCUT2D eigenvalue weighted by Crippen LogP contribution is -2.52. The zero-order valence-electron chi connectivity index (χ0n) is 9.29. The molecule has 0 saturated heterocycles. The number of hydrogen-bond acceptors (Lipinski definition) is 2. The molecule has 2 N–H and O–H groups in total. The van der Waals surface area contributed by atoms with Crippen molar-refractivity contribution in [2.75, 3.05) is 13.1 Å². The predicted octanol–water partition coefficient (Wildman–Crippen LogP) is 1.84. The van der Waals surface area contributed by atoms with Crippen LogP contribution in [0.25, 0.3) is 0 Å². The Labute approximate surface area is 82.5 Å². The molecule has 0 bridgehead atoms. The molecule has 0 spiro atoms. The second-order valence-corrected chi connectivity index (χ2v) is 4.23. The lowest BCUT2D eigenvalue weighted by molar-refractivity contribution is 0.0396. The SMILES string of the molecule is CCC(C)N(CC)C1CCC1CN. The maximum Gasteiger partial charge on any atom is 0.0138 e. The van der Waals surface area contributed by atoms with E-state index in [-0.39, 0.29) is 0 Å². The van der Waals surface area contributed by atoms with Crippen LogP contribution >= 0.6 is 0 Å². The molecule has 0 aliphatic heterocycles. The Morgan fingerprint density at radius 1 is 1.38 bits per heavy atom. The Hall–Kier alpha value is -0.0800. The second-order valence-electron chi connectivity index (χ2n) is 4.23. The molecular weight excluding hydrogens is 160 g/mol. The fourth-order valence-electron chi connectivity index (χ4n) is 2.37. The summed E-state index contributed by atoms with van der Waals surface area (Å²) in [6.45, 7) is 8.91. The molecule has 1 aliphatic rings. The van der Waals surface area contributed by atoms with E-state index in [2.05, 4.69) is 25.7 Å². The maximum atomic E-state index is 5.73. The van der Waals surface area contributed by atoms with Crippen molar-refractivity contribution < 1.29 is 0 Å². The standard InChI is InChI=1S/C11H24N2/c1-4-9(3)13(5-2)11-7-6-10(11)8-12/h9-11H,4-8,12H2,1-3H3. The molecule has 2 nitrogen and oxygen atoms in total. The third kappa shape index (κ3) is 2.23. The first kappa shape index (κ1) is 11.0. The average Bonchev–Trinajstić information content (AvgIpc) is 2.11. The van der Waals surface area contributed by atoms with Crippen molar-refractivity contribution in [2.24, 2.45) is 11.7 Å². The van der Waals surface area contributed by atoms with Gasteiger partial charge in [-0.25, -0.2) is 0 Å². The van der Waals surface area contributed by atoms with Crippen LogP contribution in [0.5, 0.6) is 0 Å². The molecule has 13 heavy (non-hydrogen) atoms. The quantitative estimate of drug-likeness (QED) is 0.706. The van der Waals surface area contributed by atoms with Crippen molar-refractivity contribution >= 4 is 0 Å². The minimum absolute atomic E-state index is 0.726. The Bertz CT molecular complexity index is 145. The van der Waals surface area contributed by atoms with Crippen LogP contribution in [0.15, 0.2) is 0 Å². The van der Waals surface area contributed by atoms with Crippen molar-refractivity contribution in [3.05, 3.63) is 0 Å². The Balaban J connectivity index is 2.46. The van der Waals surface area contributed by atoms with Gasteiger partial charge in [0.1, 0.15) is 0 Å². The normalized spacial score (nSPS) is 30.2. The highest BCUT2D eigenvalue weighted by Gasteiger charge is 2.35. The fraction of sp³-hybridized carbons (Fsp3) is 1.00. The highest BCUT2D eigenvalue weighted by Crippen LogP contribution is 2.32. The first-order valence-corrected chi connectivity index (χ1v) is 5.70. The molecule has 78 valence electrons. The topological polar surface area (TPSA) is 29.3 Å². The number of hydrogen-bond donors (Lipinski definition) is 1. The van der Waals surface area contributed by atoms with E-state index < -0.39 is 0 Å². The van der Waals surface area contributed by atoms with Gasteiger partial charge in [-0.05, 0) is 45.2 Å². The molecule has 3 unspecified atom stereocenters. The molecule has 0 aromatic rings. The highest BCUT2D eigenvalue weighted by molar-refractivity contribution is 4.90. The van der Waals surface area contributed by atoms with Gasteiger partial charge in [0.2, 0.25) is 0 Å². The average molecular weight is 184 g/mol. The lowest BCUT2D eigenvalue weighted by Gasteiger charge is -2.46. The first-order chi connectivity index (χ1) is 6.24. The predicted molar refractivity (Wildman–Crippen MR) is 57.7 cm³/mol. The molecule has 0 aromatic heterocycles. The van der Waals surface area contributed by atoms with Crippen LogP contribution in [-0.4, -0.2) is 30.1 Å². The van der Waals surface area contributed by atoms with Crippen molar-refractivity contribution in [3.8, 4) is 0 Å². The van der Waals surface area contributed by atoms with E-state index >= 15 is 0 Å². The summed E-state index contributed by atoms with van der Waals surface area (Å²) in [5.74, 6) is 0.772. The van der Waals surface area contributed by atoms with Gasteiger partial charge in [-0.2, -0.15) is 0 Å². The van der Waals surface area contributed by atoms with Crippen molar-refractivity contribution in [2.45, 2.75) is 52.1 Å². The van der Waals surface area contributed by atoms with Crippen LogP contribution in [0.2, 0.25) is 0 Å². The molecule has 1 fully saturated rings. The van der Waals surface area contributed by atoms with Gasteiger partial charge in [0, 0.05) is 12.1 Å². The maximum absolute atomic E-state index is 5.73. The molecule has 0 amide bonds. The van der Waals surface area contributed by atoms with Gasteiger partial charge in [-0.3, -0.25) is 4.90 Å². The van der Waals surface area contributed by atoms with E-state index in [4.69, 9.17) is 5.73 Å². The van der Waals surface area contributed by atoms with E-state index in [0.29, 0.717) is 0 Å². The van der Waals surface area contributed by atoms with Crippen molar-refractivity contribution in [3.63, 3.8) is 0 Å². The second kappa shape index (κ2) is 4.97. The van der Waals surface area contributed by atoms with E-state index in [1.807, 2.05) is 0 Å². The summed E-state index contributed by atoms with van der Waals surface area (Å²) in [6, 6.07) is 1.51. The third-order valence-corrected chi connectivity index (χ3v) is 3.63. The van der Waals surface area contributed by atoms with Crippen LogP contribution in [0.4, 0.5) is 0 Å². The van der Waals surface area contributed by atoms with Gasteiger partial charge < -0.3 is 5.73 Å². The molecule has 2 heteroatoms. The van der Waals surface area contributed by atoms with E-state index in [0.717, 1.165) is 24.5 Å². The third-order valence-electron chi connectivity index (χ3n) is 3.63. The molecule has 1 aliphatic carbocycles. The minimum atomic E-state index is 0.726. The zero-order chi connectivity index (χ0) is 9.84. The van der Waals surface area contributed by atoms with E-state index in [1.54, 1.807) is 0 Å². The van der Waals surface area contributed by atoms with Crippen molar-refractivity contribution in [1.29, 1.82) is 0 Å².